The number of aliphatic hydroxyl groups excluding tert-OH is 4. The maximum atomic E-state index is 10.1. The lowest BCUT2D eigenvalue weighted by Gasteiger charge is -2.23. The maximum Gasteiger partial charge on any atom is 0.258 e. The van der Waals surface area contributed by atoms with Crippen molar-refractivity contribution in [1.29, 1.82) is 5.26 Å². The highest BCUT2D eigenvalue weighted by Crippen LogP contribution is 2.37. The second-order valence-corrected chi connectivity index (χ2v) is 8.25. The van der Waals surface area contributed by atoms with E-state index < -0.39 is 24.9 Å². The number of aliphatic hydroxyl groups is 4. The molecule has 172 valence electrons. The number of rotatable bonds is 8. The molecular weight excluding hydrogens is 424 g/mol. The second kappa shape index (κ2) is 9.79. The van der Waals surface area contributed by atoms with Crippen LogP contribution in [0.15, 0.2) is 40.9 Å². The molecule has 2 aromatic carbocycles. The normalized spacial score (nSPS) is 17.9. The fourth-order valence-corrected chi connectivity index (χ4v) is 4.15. The van der Waals surface area contributed by atoms with Crippen molar-refractivity contribution in [3.63, 3.8) is 0 Å². The Bertz CT molecular complexity index is 1170. The summed E-state index contributed by atoms with van der Waals surface area (Å²) in [6, 6.07) is 13.4. The monoisotopic (exact) mass is 450 g/mol. The van der Waals surface area contributed by atoms with E-state index in [0.29, 0.717) is 22.8 Å². The molecule has 4 rings (SSSR count). The quantitative estimate of drug-likeness (QED) is 0.341. The summed E-state index contributed by atoms with van der Waals surface area (Å²) >= 11 is 0. The number of benzene rings is 2. The van der Waals surface area contributed by atoms with Crippen LogP contribution < -0.4 is 5.32 Å². The van der Waals surface area contributed by atoms with Crippen LogP contribution in [0.4, 0.5) is 0 Å². The van der Waals surface area contributed by atoms with E-state index in [-0.39, 0.29) is 12.6 Å². The van der Waals surface area contributed by atoms with Gasteiger partial charge in [-0.25, -0.2) is 0 Å². The Morgan fingerprint density at radius 2 is 2.03 bits per heavy atom. The largest absolute Gasteiger partial charge is 0.394 e. The van der Waals surface area contributed by atoms with E-state index in [0.717, 1.165) is 35.1 Å². The Morgan fingerprint density at radius 3 is 2.79 bits per heavy atom. The molecule has 33 heavy (non-hydrogen) atoms. The van der Waals surface area contributed by atoms with Crippen molar-refractivity contribution >= 4 is 0 Å². The third-order valence-electron chi connectivity index (χ3n) is 6.09. The first-order valence-corrected chi connectivity index (χ1v) is 10.8. The van der Waals surface area contributed by atoms with Gasteiger partial charge in [-0.3, -0.25) is 0 Å². The molecule has 5 N–H and O–H groups in total. The van der Waals surface area contributed by atoms with Gasteiger partial charge in [0.25, 0.3) is 5.89 Å². The lowest BCUT2D eigenvalue weighted by atomic mass is 10.0. The minimum absolute atomic E-state index is 0.0465. The minimum atomic E-state index is -1.43. The highest BCUT2D eigenvalue weighted by atomic mass is 16.5. The molecule has 0 radical (unpaired) electrons. The predicted molar refractivity (Wildman–Crippen MR) is 119 cm³/mol. The molecule has 9 heteroatoms. The van der Waals surface area contributed by atoms with Crippen LogP contribution in [0.25, 0.3) is 22.8 Å². The lowest BCUT2D eigenvalue weighted by molar-refractivity contribution is -0.0755. The molecule has 1 aliphatic rings. The zero-order valence-electron chi connectivity index (χ0n) is 18.1. The van der Waals surface area contributed by atoms with E-state index in [2.05, 4.69) is 21.5 Å². The molecule has 0 aliphatic heterocycles. The van der Waals surface area contributed by atoms with Gasteiger partial charge in [0, 0.05) is 23.7 Å². The molecule has 1 heterocycles. The zero-order chi connectivity index (χ0) is 23.5. The number of nitrogens with one attached hydrogen (secondary N) is 1. The van der Waals surface area contributed by atoms with Gasteiger partial charge in [-0.1, -0.05) is 29.4 Å². The molecule has 0 amide bonds. The molecule has 0 saturated heterocycles. The summed E-state index contributed by atoms with van der Waals surface area (Å²) in [7, 11) is 0. The van der Waals surface area contributed by atoms with Crippen molar-refractivity contribution in [1.82, 2.24) is 15.5 Å². The van der Waals surface area contributed by atoms with Gasteiger partial charge >= 0.3 is 0 Å². The summed E-state index contributed by atoms with van der Waals surface area (Å²) in [5, 5.41) is 55.0. The molecule has 1 aliphatic carbocycles. The predicted octanol–water partition coefficient (Wildman–Crippen LogP) is 1.24. The van der Waals surface area contributed by atoms with E-state index in [9.17, 15) is 20.6 Å². The summed E-state index contributed by atoms with van der Waals surface area (Å²) in [5.74, 6) is 0.800. The minimum Gasteiger partial charge on any atom is -0.394 e. The molecule has 0 saturated carbocycles. The molecule has 4 unspecified atom stereocenters. The van der Waals surface area contributed by atoms with Gasteiger partial charge < -0.3 is 30.3 Å². The van der Waals surface area contributed by atoms with Crippen LogP contribution >= 0.6 is 0 Å². The van der Waals surface area contributed by atoms with Crippen LogP contribution in [-0.2, 0) is 6.42 Å². The third kappa shape index (κ3) is 4.66. The van der Waals surface area contributed by atoms with E-state index in [1.165, 1.54) is 0 Å². The Morgan fingerprint density at radius 1 is 1.21 bits per heavy atom. The Kier molecular flexibility index (Phi) is 6.83. The number of hydrogen-bond acceptors (Lipinski definition) is 9. The summed E-state index contributed by atoms with van der Waals surface area (Å²) in [5.41, 5.74) is 5.10. The molecule has 0 spiro atoms. The van der Waals surface area contributed by atoms with Gasteiger partial charge in [0.05, 0.1) is 24.3 Å². The molecule has 0 fully saturated rings. The topological polar surface area (TPSA) is 156 Å². The first kappa shape index (κ1) is 23.0. The van der Waals surface area contributed by atoms with Gasteiger partial charge in [0.2, 0.25) is 5.82 Å². The number of aryl methyl sites for hydroxylation is 1. The van der Waals surface area contributed by atoms with Crippen molar-refractivity contribution in [3.8, 4) is 28.9 Å². The van der Waals surface area contributed by atoms with Crippen molar-refractivity contribution in [3.05, 3.63) is 58.7 Å². The Balaban J connectivity index is 1.52. The van der Waals surface area contributed by atoms with E-state index in [1.807, 2.05) is 37.3 Å². The average Bonchev–Trinajstić information content (AvgIpc) is 3.49. The first-order chi connectivity index (χ1) is 15.9. The fraction of sp³-hybridized carbons (Fsp3) is 0.375. The smallest absolute Gasteiger partial charge is 0.258 e. The number of hydrogen-bond donors (Lipinski definition) is 5. The average molecular weight is 450 g/mol. The first-order valence-electron chi connectivity index (χ1n) is 10.8. The number of fused-ring (bicyclic) bond motifs is 1. The van der Waals surface area contributed by atoms with Crippen molar-refractivity contribution < 1.29 is 24.9 Å². The van der Waals surface area contributed by atoms with Crippen molar-refractivity contribution in [2.45, 2.75) is 44.1 Å². The zero-order valence-corrected chi connectivity index (χ0v) is 18.1. The summed E-state index contributed by atoms with van der Waals surface area (Å²) in [6.07, 6.45) is -2.49. The standard InChI is InChI=1S/C24H26N4O5/c1-13-5-6-14(9-15(13)10-25)24-27-23(28-33-24)18-4-2-3-17-16(18)7-8-19(17)26-11-20(30)22(32)21(31)12-29/h2-6,9,19-22,26,29-32H,7-8,11-12H2,1H3. The summed E-state index contributed by atoms with van der Waals surface area (Å²) in [6.45, 7) is 1.31. The highest BCUT2D eigenvalue weighted by Gasteiger charge is 2.29. The lowest BCUT2D eigenvalue weighted by Crippen LogP contribution is -2.45. The van der Waals surface area contributed by atoms with Crippen LogP contribution in [0.1, 0.15) is 34.7 Å². The van der Waals surface area contributed by atoms with Crippen LogP contribution in [0.2, 0.25) is 0 Å². The number of nitrogens with zero attached hydrogens (tertiary/aromatic N) is 3. The molecular formula is C24H26N4O5. The molecule has 3 aromatic rings. The van der Waals surface area contributed by atoms with Crippen LogP contribution in [-0.4, -0.2) is 62.0 Å². The van der Waals surface area contributed by atoms with Crippen LogP contribution in [0.3, 0.4) is 0 Å². The highest BCUT2D eigenvalue weighted by molar-refractivity contribution is 5.66. The maximum absolute atomic E-state index is 10.1. The van der Waals surface area contributed by atoms with Gasteiger partial charge in [-0.2, -0.15) is 10.2 Å². The van der Waals surface area contributed by atoms with E-state index >= 15 is 0 Å². The van der Waals surface area contributed by atoms with Gasteiger partial charge in [0.1, 0.15) is 12.2 Å². The van der Waals surface area contributed by atoms with E-state index in [4.69, 9.17) is 9.63 Å². The SMILES string of the molecule is Cc1ccc(-c2nc(-c3cccc4c3CCC4NCC(O)C(O)C(O)CO)no2)cc1C#N. The van der Waals surface area contributed by atoms with Gasteiger partial charge in [-0.15, -0.1) is 0 Å². The third-order valence-corrected chi connectivity index (χ3v) is 6.09. The number of nitriles is 1. The fourth-order valence-electron chi connectivity index (χ4n) is 4.15. The van der Waals surface area contributed by atoms with Gasteiger partial charge in [0.15, 0.2) is 0 Å². The molecule has 9 nitrogen and oxygen atoms in total. The number of aromatic nitrogens is 2. The molecule has 1 aromatic heterocycles. The Labute approximate surface area is 190 Å². The second-order valence-electron chi connectivity index (χ2n) is 8.25. The van der Waals surface area contributed by atoms with E-state index in [1.54, 1.807) is 6.07 Å². The molecule has 0 bridgehead atoms. The van der Waals surface area contributed by atoms with Crippen LogP contribution in [0, 0.1) is 18.3 Å². The van der Waals surface area contributed by atoms with Crippen LogP contribution in [0.5, 0.6) is 0 Å². The van der Waals surface area contributed by atoms with Crippen molar-refractivity contribution in [2.24, 2.45) is 0 Å². The van der Waals surface area contributed by atoms with Gasteiger partial charge in [-0.05, 0) is 48.6 Å². The van der Waals surface area contributed by atoms with Crippen molar-refractivity contribution in [2.75, 3.05) is 13.2 Å². The Hall–Kier alpha value is -3.13. The summed E-state index contributed by atoms with van der Waals surface area (Å²) < 4.78 is 5.48. The summed E-state index contributed by atoms with van der Waals surface area (Å²) in [4.78, 5) is 4.55. The molecule has 4 atom stereocenters.